The number of aromatic nitrogens is 3. The first-order chi connectivity index (χ1) is 10.7. The number of pyridine rings is 1. The molecule has 4 nitrogen and oxygen atoms in total. The molecule has 1 aromatic carbocycles. The van der Waals surface area contributed by atoms with Gasteiger partial charge in [0.1, 0.15) is 0 Å². The van der Waals surface area contributed by atoms with Crippen molar-refractivity contribution in [1.29, 1.82) is 0 Å². The first kappa shape index (κ1) is 14.2. The van der Waals surface area contributed by atoms with Crippen LogP contribution in [0.25, 0.3) is 11.3 Å². The predicted molar refractivity (Wildman–Crippen MR) is 89.1 cm³/mol. The lowest BCUT2D eigenvalue weighted by atomic mass is 10.1. The molecule has 0 radical (unpaired) electrons. The lowest BCUT2D eigenvalue weighted by molar-refractivity contribution is 1.13. The first-order valence-corrected chi connectivity index (χ1v) is 7.36. The minimum atomic E-state index is 0.585. The fourth-order valence-electron chi connectivity index (χ4n) is 2.15. The molecule has 0 atom stereocenters. The topological polar surface area (TPSA) is 50.7 Å². The van der Waals surface area contributed by atoms with E-state index >= 15 is 0 Å². The second-order valence-corrected chi connectivity index (χ2v) is 5.13. The second-order valence-electron chi connectivity index (χ2n) is 5.13. The van der Waals surface area contributed by atoms with E-state index in [1.807, 2.05) is 43.5 Å². The van der Waals surface area contributed by atoms with Crippen molar-refractivity contribution in [3.05, 3.63) is 66.1 Å². The summed E-state index contributed by atoms with van der Waals surface area (Å²) in [6, 6.07) is 14.2. The molecule has 3 aromatic rings. The molecular weight excluding hydrogens is 272 g/mol. The highest BCUT2D eigenvalue weighted by Gasteiger charge is 2.03. The van der Waals surface area contributed by atoms with E-state index in [0.29, 0.717) is 5.95 Å². The zero-order chi connectivity index (χ0) is 15.4. The van der Waals surface area contributed by atoms with E-state index in [1.165, 1.54) is 5.56 Å². The molecule has 0 aliphatic carbocycles. The summed E-state index contributed by atoms with van der Waals surface area (Å²) in [6.45, 7) is 4.11. The van der Waals surface area contributed by atoms with Gasteiger partial charge in [0.2, 0.25) is 5.95 Å². The third-order valence-electron chi connectivity index (χ3n) is 3.48. The van der Waals surface area contributed by atoms with Crippen LogP contribution in [0.3, 0.4) is 0 Å². The predicted octanol–water partition coefficient (Wildman–Crippen LogP) is 4.15. The van der Waals surface area contributed by atoms with Crippen LogP contribution in [0.1, 0.15) is 18.2 Å². The Bertz CT molecular complexity index is 749. The van der Waals surface area contributed by atoms with Gasteiger partial charge >= 0.3 is 0 Å². The Hall–Kier alpha value is -2.75. The Balaban J connectivity index is 1.82. The van der Waals surface area contributed by atoms with E-state index in [1.54, 1.807) is 6.20 Å². The van der Waals surface area contributed by atoms with E-state index in [4.69, 9.17) is 0 Å². The van der Waals surface area contributed by atoms with E-state index in [0.717, 1.165) is 29.1 Å². The minimum absolute atomic E-state index is 0.585. The van der Waals surface area contributed by atoms with Crippen LogP contribution in [0.5, 0.6) is 0 Å². The quantitative estimate of drug-likeness (QED) is 0.784. The molecule has 0 aliphatic rings. The molecule has 1 N–H and O–H groups in total. The molecule has 0 aliphatic heterocycles. The van der Waals surface area contributed by atoms with Crippen molar-refractivity contribution in [1.82, 2.24) is 15.0 Å². The summed E-state index contributed by atoms with van der Waals surface area (Å²) >= 11 is 0. The van der Waals surface area contributed by atoms with Crippen LogP contribution in [-0.2, 0) is 6.42 Å². The van der Waals surface area contributed by atoms with Crippen LogP contribution in [0.2, 0.25) is 0 Å². The fourth-order valence-corrected chi connectivity index (χ4v) is 2.15. The number of hydrogen-bond acceptors (Lipinski definition) is 4. The molecule has 0 amide bonds. The molecular formula is C18H18N4. The molecule has 0 saturated carbocycles. The van der Waals surface area contributed by atoms with Crippen LogP contribution >= 0.6 is 0 Å². The number of rotatable bonds is 4. The summed E-state index contributed by atoms with van der Waals surface area (Å²) in [5, 5.41) is 3.23. The number of hydrogen-bond donors (Lipinski definition) is 1. The normalized spacial score (nSPS) is 10.5. The number of nitrogens with zero attached hydrogens (tertiary/aromatic N) is 3. The highest BCUT2D eigenvalue weighted by molar-refractivity contribution is 5.61. The monoisotopic (exact) mass is 290 g/mol. The summed E-state index contributed by atoms with van der Waals surface area (Å²) in [5.74, 6) is 0.585. The maximum absolute atomic E-state index is 4.55. The molecule has 0 saturated heterocycles. The highest BCUT2D eigenvalue weighted by Crippen LogP contribution is 2.19. The third kappa shape index (κ3) is 3.28. The van der Waals surface area contributed by atoms with Gasteiger partial charge in [0.25, 0.3) is 0 Å². The SMILES string of the molecule is CCc1ccc(Nc2nccc(-c3ccc(C)nc3)n2)cc1. The lowest BCUT2D eigenvalue weighted by Gasteiger charge is -2.07. The van der Waals surface area contributed by atoms with Crippen molar-refractivity contribution >= 4 is 11.6 Å². The second kappa shape index (κ2) is 6.35. The van der Waals surface area contributed by atoms with E-state index < -0.39 is 0 Å². The van der Waals surface area contributed by atoms with Crippen LogP contribution in [-0.4, -0.2) is 15.0 Å². The van der Waals surface area contributed by atoms with E-state index in [-0.39, 0.29) is 0 Å². The zero-order valence-corrected chi connectivity index (χ0v) is 12.7. The van der Waals surface area contributed by atoms with Crippen molar-refractivity contribution in [2.75, 3.05) is 5.32 Å². The highest BCUT2D eigenvalue weighted by atomic mass is 15.1. The van der Waals surface area contributed by atoms with Crippen molar-refractivity contribution in [2.45, 2.75) is 20.3 Å². The molecule has 4 heteroatoms. The van der Waals surface area contributed by atoms with Gasteiger partial charge in [-0.15, -0.1) is 0 Å². The van der Waals surface area contributed by atoms with Crippen LogP contribution in [0.4, 0.5) is 11.6 Å². The summed E-state index contributed by atoms with van der Waals surface area (Å²) in [5.41, 5.74) is 5.13. The Morgan fingerprint density at radius 2 is 1.77 bits per heavy atom. The van der Waals surface area contributed by atoms with Gasteiger partial charge in [-0.05, 0) is 49.2 Å². The van der Waals surface area contributed by atoms with Crippen molar-refractivity contribution in [3.8, 4) is 11.3 Å². The van der Waals surface area contributed by atoms with Gasteiger partial charge in [-0.2, -0.15) is 0 Å². The average molecular weight is 290 g/mol. The molecule has 0 unspecified atom stereocenters. The van der Waals surface area contributed by atoms with Crippen LogP contribution in [0, 0.1) is 6.92 Å². The number of benzene rings is 1. The molecule has 0 spiro atoms. The smallest absolute Gasteiger partial charge is 0.227 e. The molecule has 0 bridgehead atoms. The summed E-state index contributed by atoms with van der Waals surface area (Å²) < 4.78 is 0. The van der Waals surface area contributed by atoms with Crippen molar-refractivity contribution in [3.63, 3.8) is 0 Å². The minimum Gasteiger partial charge on any atom is -0.324 e. The Morgan fingerprint density at radius 1 is 0.955 bits per heavy atom. The number of anilines is 2. The van der Waals surface area contributed by atoms with Crippen molar-refractivity contribution in [2.24, 2.45) is 0 Å². The van der Waals surface area contributed by atoms with Gasteiger partial charge in [-0.1, -0.05) is 19.1 Å². The average Bonchev–Trinajstić information content (AvgIpc) is 2.56. The number of aryl methyl sites for hydroxylation is 2. The Labute approximate surface area is 130 Å². The first-order valence-electron chi connectivity index (χ1n) is 7.36. The molecule has 0 fully saturated rings. The van der Waals surface area contributed by atoms with Gasteiger partial charge in [0.05, 0.1) is 5.69 Å². The summed E-state index contributed by atoms with van der Waals surface area (Å²) in [6.07, 6.45) is 4.62. The van der Waals surface area contributed by atoms with E-state index in [2.05, 4.69) is 39.3 Å². The van der Waals surface area contributed by atoms with E-state index in [9.17, 15) is 0 Å². The summed E-state index contributed by atoms with van der Waals surface area (Å²) in [4.78, 5) is 13.1. The van der Waals surface area contributed by atoms with Crippen molar-refractivity contribution < 1.29 is 0 Å². The zero-order valence-electron chi connectivity index (χ0n) is 12.7. The fraction of sp³-hybridized carbons (Fsp3) is 0.167. The van der Waals surface area contributed by atoms with Gasteiger partial charge < -0.3 is 5.32 Å². The van der Waals surface area contributed by atoms with Gasteiger partial charge in [0, 0.05) is 29.3 Å². The molecule has 2 aromatic heterocycles. The molecule has 2 heterocycles. The lowest BCUT2D eigenvalue weighted by Crippen LogP contribution is -1.98. The van der Waals surface area contributed by atoms with Crippen LogP contribution in [0.15, 0.2) is 54.9 Å². The molecule has 22 heavy (non-hydrogen) atoms. The summed E-state index contributed by atoms with van der Waals surface area (Å²) in [7, 11) is 0. The Morgan fingerprint density at radius 3 is 2.45 bits per heavy atom. The molecule has 110 valence electrons. The van der Waals surface area contributed by atoms with Crippen LogP contribution < -0.4 is 5.32 Å². The third-order valence-corrected chi connectivity index (χ3v) is 3.48. The molecule has 3 rings (SSSR count). The maximum Gasteiger partial charge on any atom is 0.227 e. The van der Waals surface area contributed by atoms with Gasteiger partial charge in [-0.3, -0.25) is 4.98 Å². The Kier molecular flexibility index (Phi) is 4.10. The standard InChI is InChI=1S/C18H18N4/c1-3-14-5-8-16(9-6-14)21-18-19-11-10-17(22-18)15-7-4-13(2)20-12-15/h4-12H,3H2,1-2H3,(H,19,21,22). The largest absolute Gasteiger partial charge is 0.324 e. The number of nitrogens with one attached hydrogen (secondary N) is 1. The van der Waals surface area contributed by atoms with Gasteiger partial charge in [-0.25, -0.2) is 9.97 Å². The van der Waals surface area contributed by atoms with Gasteiger partial charge in [0.15, 0.2) is 0 Å². The maximum atomic E-state index is 4.55.